The molecule has 3 rings (SSSR count). The van der Waals surface area contributed by atoms with Gasteiger partial charge in [0.15, 0.2) is 11.8 Å². The van der Waals surface area contributed by atoms with Gasteiger partial charge in [0.2, 0.25) is 0 Å². The molecule has 1 aromatic heterocycles. The molecule has 0 radical (unpaired) electrons. The lowest BCUT2D eigenvalue weighted by molar-refractivity contribution is 0.0646. The van der Waals surface area contributed by atoms with E-state index in [1.807, 2.05) is 18.2 Å². The third kappa shape index (κ3) is 5.79. The second-order valence-corrected chi connectivity index (χ2v) is 7.04. The van der Waals surface area contributed by atoms with Gasteiger partial charge in [-0.1, -0.05) is 30.3 Å². The van der Waals surface area contributed by atoms with Crippen LogP contribution in [0.5, 0.6) is 0 Å². The van der Waals surface area contributed by atoms with Crippen LogP contribution < -0.4 is 10.6 Å². The van der Waals surface area contributed by atoms with Gasteiger partial charge in [0.1, 0.15) is 12.4 Å². The third-order valence-electron chi connectivity index (χ3n) is 4.91. The van der Waals surface area contributed by atoms with E-state index in [0.29, 0.717) is 13.2 Å². The minimum atomic E-state index is 0.113. The van der Waals surface area contributed by atoms with Crippen LogP contribution in [0, 0.1) is 0 Å². The van der Waals surface area contributed by atoms with Crippen molar-refractivity contribution in [2.24, 2.45) is 4.99 Å². The Morgan fingerprint density at radius 1 is 1.21 bits per heavy atom. The standard InChI is InChI=1S/C21H32N6O/c1-3-22-21(24-16-20-26-25-19-12-7-8-14-27(19)20)23-13-9-15-28-17(2)18-10-5-4-6-11-18/h4-6,10-11,17H,3,7-9,12-16H2,1-2H3,(H2,22,23,24). The molecule has 2 aromatic rings. The first kappa shape index (κ1) is 20.3. The summed E-state index contributed by atoms with van der Waals surface area (Å²) >= 11 is 0. The van der Waals surface area contributed by atoms with Crippen molar-refractivity contribution in [3.8, 4) is 0 Å². The van der Waals surface area contributed by atoms with E-state index in [2.05, 4.69) is 56.4 Å². The van der Waals surface area contributed by atoms with Crippen molar-refractivity contribution in [2.45, 2.75) is 58.7 Å². The van der Waals surface area contributed by atoms with Crippen LogP contribution in [0.3, 0.4) is 0 Å². The quantitative estimate of drug-likeness (QED) is 0.395. The van der Waals surface area contributed by atoms with Gasteiger partial charge in [-0.05, 0) is 38.7 Å². The summed E-state index contributed by atoms with van der Waals surface area (Å²) in [4.78, 5) is 4.67. The molecule has 7 heteroatoms. The van der Waals surface area contributed by atoms with Gasteiger partial charge in [0, 0.05) is 32.7 Å². The monoisotopic (exact) mass is 384 g/mol. The van der Waals surface area contributed by atoms with Gasteiger partial charge in [-0.25, -0.2) is 4.99 Å². The molecule has 2 N–H and O–H groups in total. The maximum absolute atomic E-state index is 5.93. The first-order valence-corrected chi connectivity index (χ1v) is 10.4. The van der Waals surface area contributed by atoms with Crippen LogP contribution in [-0.2, 0) is 24.2 Å². The maximum Gasteiger partial charge on any atom is 0.191 e. The van der Waals surface area contributed by atoms with Crippen LogP contribution >= 0.6 is 0 Å². The van der Waals surface area contributed by atoms with Crippen molar-refractivity contribution >= 4 is 5.96 Å². The van der Waals surface area contributed by atoms with Crippen LogP contribution in [0.2, 0.25) is 0 Å². The average Bonchev–Trinajstić information content (AvgIpc) is 3.15. The number of aryl methyl sites for hydroxylation is 1. The van der Waals surface area contributed by atoms with E-state index in [9.17, 15) is 0 Å². The number of benzene rings is 1. The number of nitrogens with one attached hydrogen (secondary N) is 2. The van der Waals surface area contributed by atoms with Gasteiger partial charge in [-0.15, -0.1) is 10.2 Å². The Morgan fingerprint density at radius 3 is 2.89 bits per heavy atom. The predicted molar refractivity (Wildman–Crippen MR) is 111 cm³/mol. The first-order chi connectivity index (χ1) is 13.8. The molecule has 0 spiro atoms. The van der Waals surface area contributed by atoms with Crippen LogP contribution in [0.15, 0.2) is 35.3 Å². The number of fused-ring (bicyclic) bond motifs is 1. The van der Waals surface area contributed by atoms with Crippen molar-refractivity contribution in [3.05, 3.63) is 47.5 Å². The number of hydrogen-bond acceptors (Lipinski definition) is 4. The van der Waals surface area contributed by atoms with E-state index < -0.39 is 0 Å². The summed E-state index contributed by atoms with van der Waals surface area (Å²) in [5.74, 6) is 2.86. The van der Waals surface area contributed by atoms with Gasteiger partial charge in [-0.2, -0.15) is 0 Å². The summed E-state index contributed by atoms with van der Waals surface area (Å²) in [6, 6.07) is 10.3. The number of rotatable bonds is 9. The number of nitrogens with zero attached hydrogens (tertiary/aromatic N) is 4. The first-order valence-electron chi connectivity index (χ1n) is 10.4. The fourth-order valence-corrected chi connectivity index (χ4v) is 3.34. The van der Waals surface area contributed by atoms with Crippen LogP contribution in [-0.4, -0.2) is 40.4 Å². The SMILES string of the molecule is CCNC(=NCc1nnc2n1CCCC2)NCCCOC(C)c1ccccc1. The zero-order valence-electron chi connectivity index (χ0n) is 17.0. The highest BCUT2D eigenvalue weighted by Crippen LogP contribution is 2.16. The smallest absolute Gasteiger partial charge is 0.191 e. The Bertz CT molecular complexity index is 743. The van der Waals surface area contributed by atoms with E-state index in [1.54, 1.807) is 0 Å². The van der Waals surface area contributed by atoms with Crippen LogP contribution in [0.25, 0.3) is 0 Å². The molecular formula is C21H32N6O. The van der Waals surface area contributed by atoms with Crippen molar-refractivity contribution in [2.75, 3.05) is 19.7 Å². The summed E-state index contributed by atoms with van der Waals surface area (Å²) in [5.41, 5.74) is 1.21. The van der Waals surface area contributed by atoms with E-state index in [0.717, 1.165) is 50.1 Å². The fourth-order valence-electron chi connectivity index (χ4n) is 3.34. The molecule has 1 aliphatic heterocycles. The molecular weight excluding hydrogens is 352 g/mol. The summed E-state index contributed by atoms with van der Waals surface area (Å²) < 4.78 is 8.15. The van der Waals surface area contributed by atoms with Crippen molar-refractivity contribution in [1.29, 1.82) is 0 Å². The highest BCUT2D eigenvalue weighted by atomic mass is 16.5. The molecule has 1 unspecified atom stereocenters. The summed E-state index contributed by atoms with van der Waals surface area (Å²) in [6.07, 6.45) is 4.46. The predicted octanol–water partition coefficient (Wildman–Crippen LogP) is 2.84. The Morgan fingerprint density at radius 2 is 2.07 bits per heavy atom. The Hall–Kier alpha value is -2.41. The molecule has 0 saturated heterocycles. The van der Waals surface area contributed by atoms with Gasteiger partial charge < -0.3 is 19.9 Å². The average molecular weight is 385 g/mol. The minimum Gasteiger partial charge on any atom is -0.374 e. The number of ether oxygens (including phenoxy) is 1. The van der Waals surface area contributed by atoms with Gasteiger partial charge >= 0.3 is 0 Å². The molecule has 0 bridgehead atoms. The molecule has 7 nitrogen and oxygen atoms in total. The van der Waals surface area contributed by atoms with Crippen molar-refractivity contribution < 1.29 is 4.74 Å². The maximum atomic E-state index is 5.93. The Balaban J connectivity index is 1.42. The largest absolute Gasteiger partial charge is 0.374 e. The Labute approximate surface area is 167 Å². The molecule has 2 heterocycles. The fraction of sp³-hybridized carbons (Fsp3) is 0.571. The van der Waals surface area contributed by atoms with Crippen LogP contribution in [0.1, 0.15) is 56.4 Å². The Kier molecular flexibility index (Phi) is 7.84. The van der Waals surface area contributed by atoms with Crippen LogP contribution in [0.4, 0.5) is 0 Å². The zero-order valence-corrected chi connectivity index (χ0v) is 17.0. The minimum absolute atomic E-state index is 0.113. The summed E-state index contributed by atoms with van der Waals surface area (Å²) in [5, 5.41) is 15.3. The zero-order chi connectivity index (χ0) is 19.6. The molecule has 0 amide bonds. The number of aliphatic imine (C=N–C) groups is 1. The summed E-state index contributed by atoms with van der Waals surface area (Å²) in [7, 11) is 0. The molecule has 0 saturated carbocycles. The lowest BCUT2D eigenvalue weighted by Gasteiger charge is -2.15. The molecule has 1 aliphatic rings. The molecule has 1 atom stereocenters. The van der Waals surface area contributed by atoms with E-state index >= 15 is 0 Å². The van der Waals surface area contributed by atoms with Crippen molar-refractivity contribution in [1.82, 2.24) is 25.4 Å². The number of hydrogen-bond donors (Lipinski definition) is 2. The molecule has 152 valence electrons. The highest BCUT2D eigenvalue weighted by Gasteiger charge is 2.15. The number of aromatic nitrogens is 3. The lowest BCUT2D eigenvalue weighted by Crippen LogP contribution is -2.38. The molecule has 1 aromatic carbocycles. The lowest BCUT2D eigenvalue weighted by atomic mass is 10.1. The van der Waals surface area contributed by atoms with Gasteiger partial charge in [0.25, 0.3) is 0 Å². The van der Waals surface area contributed by atoms with Gasteiger partial charge in [-0.3, -0.25) is 0 Å². The molecule has 28 heavy (non-hydrogen) atoms. The van der Waals surface area contributed by atoms with E-state index in [4.69, 9.17) is 4.74 Å². The summed E-state index contributed by atoms with van der Waals surface area (Å²) in [6.45, 7) is 8.06. The second-order valence-electron chi connectivity index (χ2n) is 7.04. The highest BCUT2D eigenvalue weighted by molar-refractivity contribution is 5.79. The van der Waals surface area contributed by atoms with Crippen molar-refractivity contribution in [3.63, 3.8) is 0 Å². The number of guanidine groups is 1. The third-order valence-corrected chi connectivity index (χ3v) is 4.91. The normalized spacial score (nSPS) is 15.1. The van der Waals surface area contributed by atoms with Gasteiger partial charge in [0.05, 0.1) is 6.10 Å². The van der Waals surface area contributed by atoms with E-state index in [1.165, 1.54) is 18.4 Å². The molecule has 0 fully saturated rings. The second kappa shape index (κ2) is 10.8. The van der Waals surface area contributed by atoms with E-state index in [-0.39, 0.29) is 6.10 Å². The topological polar surface area (TPSA) is 76.4 Å². The molecule has 0 aliphatic carbocycles.